The largest absolute Gasteiger partial charge is 0.299 e. The fourth-order valence-corrected chi connectivity index (χ4v) is 5.85. The number of nitrogens with one attached hydrogen (secondary N) is 1. The molecule has 1 amide bonds. The van der Waals surface area contributed by atoms with Crippen LogP contribution in [0.5, 0.6) is 0 Å². The Hall–Kier alpha value is -1.07. The van der Waals surface area contributed by atoms with E-state index in [0.717, 1.165) is 14.9 Å². The number of amides is 1. The molecule has 7 nitrogen and oxygen atoms in total. The fourth-order valence-electron chi connectivity index (χ4n) is 2.38. The molecule has 2 aromatic rings. The maximum Gasteiger partial charge on any atom is 0.250 e. The summed E-state index contributed by atoms with van der Waals surface area (Å²) in [5.74, 6) is -0.503. The average molecular weight is 483 g/mol. The summed E-state index contributed by atoms with van der Waals surface area (Å²) in [6.45, 7) is 5.78. The molecule has 0 aliphatic carbocycles. The summed E-state index contributed by atoms with van der Waals surface area (Å²) in [4.78, 5) is 12.8. The Balaban J connectivity index is 2.31. The number of hydrogen-bond acceptors (Lipinski definition) is 7. The van der Waals surface area contributed by atoms with E-state index in [1.165, 1.54) is 41.3 Å². The van der Waals surface area contributed by atoms with Crippen LogP contribution in [-0.4, -0.2) is 42.1 Å². The first-order valence-electron chi connectivity index (χ1n) is 8.28. The first-order chi connectivity index (χ1) is 13.0. The van der Waals surface area contributed by atoms with E-state index in [0.29, 0.717) is 15.4 Å². The highest BCUT2D eigenvalue weighted by molar-refractivity contribution is 8.01. The third kappa shape index (κ3) is 5.96. The van der Waals surface area contributed by atoms with E-state index in [4.69, 9.17) is 23.2 Å². The van der Waals surface area contributed by atoms with Gasteiger partial charge < -0.3 is 0 Å². The maximum atomic E-state index is 12.8. The molecule has 0 saturated carbocycles. The Morgan fingerprint density at radius 3 is 2.50 bits per heavy atom. The van der Waals surface area contributed by atoms with E-state index in [2.05, 4.69) is 15.5 Å². The van der Waals surface area contributed by atoms with Crippen LogP contribution in [0.4, 0.5) is 10.8 Å². The Kier molecular flexibility index (Phi) is 7.97. The number of hydrogen-bond donors (Lipinski definition) is 1. The number of halogens is 2. The van der Waals surface area contributed by atoms with Gasteiger partial charge in [-0.3, -0.25) is 14.4 Å². The Morgan fingerprint density at radius 1 is 1.29 bits per heavy atom. The van der Waals surface area contributed by atoms with Gasteiger partial charge >= 0.3 is 0 Å². The number of thioether (sulfide) groups is 1. The highest BCUT2D eigenvalue weighted by Gasteiger charge is 2.32. The van der Waals surface area contributed by atoms with Gasteiger partial charge in [-0.05, 0) is 24.6 Å². The topological polar surface area (TPSA) is 92.3 Å². The lowest BCUT2D eigenvalue weighted by Crippen LogP contribution is -2.47. The zero-order chi connectivity index (χ0) is 21.1. The minimum Gasteiger partial charge on any atom is -0.299 e. The molecule has 0 bridgehead atoms. The van der Waals surface area contributed by atoms with E-state index < -0.39 is 22.0 Å². The summed E-state index contributed by atoms with van der Waals surface area (Å²) in [7, 11) is -3.77. The molecule has 1 aromatic carbocycles. The molecule has 2 rings (SSSR count). The van der Waals surface area contributed by atoms with Gasteiger partial charge in [0.15, 0.2) is 4.34 Å². The minimum atomic E-state index is -3.77. The molecule has 0 aliphatic heterocycles. The van der Waals surface area contributed by atoms with Gasteiger partial charge in [0.25, 0.3) is 0 Å². The van der Waals surface area contributed by atoms with Crippen molar-refractivity contribution in [1.29, 1.82) is 0 Å². The molecule has 12 heteroatoms. The van der Waals surface area contributed by atoms with Crippen molar-refractivity contribution in [2.45, 2.75) is 42.8 Å². The average Bonchev–Trinajstić information content (AvgIpc) is 3.00. The highest BCUT2D eigenvalue weighted by Crippen LogP contribution is 2.31. The van der Waals surface area contributed by atoms with Crippen molar-refractivity contribution in [2.24, 2.45) is 0 Å². The second kappa shape index (κ2) is 9.62. The van der Waals surface area contributed by atoms with Crippen molar-refractivity contribution in [1.82, 2.24) is 10.2 Å². The van der Waals surface area contributed by atoms with Crippen LogP contribution in [0.25, 0.3) is 0 Å². The lowest BCUT2D eigenvalue weighted by atomic mass is 10.2. The second-order valence-corrected chi connectivity index (χ2v) is 11.6. The van der Waals surface area contributed by atoms with E-state index in [9.17, 15) is 13.2 Å². The quantitative estimate of drug-likeness (QED) is 0.438. The Bertz CT molecular complexity index is 950. The Morgan fingerprint density at radius 2 is 1.96 bits per heavy atom. The monoisotopic (exact) mass is 482 g/mol. The number of carbonyl (C=O) groups is 1. The molecule has 0 spiro atoms. The summed E-state index contributed by atoms with van der Waals surface area (Å²) >= 11 is 14.7. The van der Waals surface area contributed by atoms with Gasteiger partial charge in [0.05, 0.1) is 22.0 Å². The molecule has 0 radical (unpaired) electrons. The van der Waals surface area contributed by atoms with E-state index in [1.54, 1.807) is 6.92 Å². The first kappa shape index (κ1) is 23.2. The number of rotatable bonds is 8. The van der Waals surface area contributed by atoms with Crippen molar-refractivity contribution in [3.63, 3.8) is 0 Å². The second-order valence-electron chi connectivity index (χ2n) is 6.11. The normalized spacial score (nSPS) is 12.8. The lowest BCUT2D eigenvalue weighted by Gasteiger charge is -2.30. The number of anilines is 2. The van der Waals surface area contributed by atoms with Crippen LogP contribution in [0, 0.1) is 0 Å². The number of nitrogens with zero attached hydrogens (tertiary/aromatic N) is 3. The number of benzene rings is 1. The van der Waals surface area contributed by atoms with Crippen molar-refractivity contribution in [3.8, 4) is 0 Å². The van der Waals surface area contributed by atoms with Crippen molar-refractivity contribution >= 4 is 73.0 Å². The zero-order valence-electron chi connectivity index (χ0n) is 15.6. The van der Waals surface area contributed by atoms with Gasteiger partial charge in [-0.1, -0.05) is 67.1 Å². The van der Waals surface area contributed by atoms with Crippen LogP contribution >= 0.6 is 46.3 Å². The van der Waals surface area contributed by atoms with Crippen LogP contribution in [0.15, 0.2) is 22.5 Å². The minimum absolute atomic E-state index is 0.197. The number of aromatic nitrogens is 2. The maximum absolute atomic E-state index is 12.8. The van der Waals surface area contributed by atoms with Crippen LogP contribution in [0.1, 0.15) is 27.2 Å². The molecular weight excluding hydrogens is 463 g/mol. The van der Waals surface area contributed by atoms with Crippen molar-refractivity contribution in [3.05, 3.63) is 28.2 Å². The van der Waals surface area contributed by atoms with Gasteiger partial charge in [0.1, 0.15) is 6.04 Å². The van der Waals surface area contributed by atoms with Gasteiger partial charge in [-0.2, -0.15) is 0 Å². The lowest BCUT2D eigenvalue weighted by molar-refractivity contribution is -0.117. The van der Waals surface area contributed by atoms with E-state index in [-0.39, 0.29) is 17.1 Å². The molecule has 154 valence electrons. The molecule has 0 fully saturated rings. The summed E-state index contributed by atoms with van der Waals surface area (Å²) in [6, 6.07) is 3.43. The Labute approximate surface area is 182 Å². The third-order valence-electron chi connectivity index (χ3n) is 3.46. The van der Waals surface area contributed by atoms with Crippen LogP contribution < -0.4 is 9.62 Å². The number of sulfonamides is 1. The zero-order valence-corrected chi connectivity index (χ0v) is 19.6. The molecule has 1 N–H and O–H groups in total. The third-order valence-corrected chi connectivity index (χ3v) is 7.31. The van der Waals surface area contributed by atoms with Crippen molar-refractivity contribution in [2.75, 3.05) is 15.9 Å². The molecule has 1 heterocycles. The molecule has 0 saturated heterocycles. The van der Waals surface area contributed by atoms with Gasteiger partial charge in [0.2, 0.25) is 21.1 Å². The SMILES string of the molecule is CC[C@@H](C(=O)Nc1nnc(SC(C)C)s1)N(c1ccc(Cl)c(Cl)c1)S(C)(=O)=O. The predicted molar refractivity (Wildman–Crippen MR) is 117 cm³/mol. The van der Waals surface area contributed by atoms with Gasteiger partial charge in [-0.25, -0.2) is 8.42 Å². The smallest absolute Gasteiger partial charge is 0.250 e. The van der Waals surface area contributed by atoms with E-state index in [1.807, 2.05) is 13.8 Å². The van der Waals surface area contributed by atoms with Crippen molar-refractivity contribution < 1.29 is 13.2 Å². The molecule has 0 unspecified atom stereocenters. The van der Waals surface area contributed by atoms with Crippen LogP contribution in [0.2, 0.25) is 10.0 Å². The van der Waals surface area contributed by atoms with Gasteiger partial charge in [-0.15, -0.1) is 10.2 Å². The van der Waals surface area contributed by atoms with Crippen LogP contribution in [0.3, 0.4) is 0 Å². The summed E-state index contributed by atoms with van der Waals surface area (Å²) < 4.78 is 26.7. The summed E-state index contributed by atoms with van der Waals surface area (Å²) in [6.07, 6.45) is 1.28. The van der Waals surface area contributed by atoms with Gasteiger partial charge in [0, 0.05) is 5.25 Å². The molecular formula is C16H20Cl2N4O3S3. The highest BCUT2D eigenvalue weighted by atomic mass is 35.5. The van der Waals surface area contributed by atoms with E-state index >= 15 is 0 Å². The summed E-state index contributed by atoms with van der Waals surface area (Å²) in [5.41, 5.74) is 0.257. The molecule has 1 aromatic heterocycles. The fraction of sp³-hybridized carbons (Fsp3) is 0.438. The number of carbonyl (C=O) groups excluding carboxylic acids is 1. The predicted octanol–water partition coefficient (Wildman–Crippen LogP) is 4.53. The summed E-state index contributed by atoms with van der Waals surface area (Å²) in [5, 5.41) is 11.8. The first-order valence-corrected chi connectivity index (χ1v) is 12.6. The molecule has 1 atom stereocenters. The molecule has 0 aliphatic rings. The van der Waals surface area contributed by atoms with Crippen LogP contribution in [-0.2, 0) is 14.8 Å². The standard InChI is InChI=1S/C16H20Cl2N4O3S3/c1-5-13(14(23)19-15-20-21-16(27-15)26-9(2)3)22(28(4,24)25)10-6-7-11(17)12(18)8-10/h6-9,13H,5H2,1-4H3,(H,19,20,23)/t13-/m0/s1. The molecule has 28 heavy (non-hydrogen) atoms.